The number of rotatable bonds is 6. The maximum Gasteiger partial charge on any atom is 0.0558 e. The van der Waals surface area contributed by atoms with E-state index in [1.165, 1.54) is 13.0 Å². The van der Waals surface area contributed by atoms with E-state index in [9.17, 15) is 0 Å². The molecule has 1 aliphatic rings. The minimum atomic E-state index is 0.288. The zero-order valence-corrected chi connectivity index (χ0v) is 8.99. The van der Waals surface area contributed by atoms with Crippen LogP contribution in [0.4, 0.5) is 0 Å². The van der Waals surface area contributed by atoms with Crippen molar-refractivity contribution in [3.8, 4) is 0 Å². The van der Waals surface area contributed by atoms with E-state index in [1.807, 2.05) is 6.08 Å². The van der Waals surface area contributed by atoms with Gasteiger partial charge in [-0.05, 0) is 19.4 Å². The number of allylic oxidation sites excluding steroid dienone is 1. The van der Waals surface area contributed by atoms with Crippen molar-refractivity contribution in [2.24, 2.45) is 0 Å². The van der Waals surface area contributed by atoms with Gasteiger partial charge in [-0.1, -0.05) is 6.08 Å². The summed E-state index contributed by atoms with van der Waals surface area (Å²) < 4.78 is 0. The molecule has 1 fully saturated rings. The largest absolute Gasteiger partial charge is 0.395 e. The van der Waals surface area contributed by atoms with Crippen molar-refractivity contribution in [1.82, 2.24) is 9.80 Å². The molecule has 1 N–H and O–H groups in total. The summed E-state index contributed by atoms with van der Waals surface area (Å²) >= 11 is 0. The van der Waals surface area contributed by atoms with Crippen molar-refractivity contribution in [2.45, 2.75) is 12.8 Å². The standard InChI is InChI=1S/C11H22N2O/c1-2-3-4-5-12-6-8-13(9-7-12)10-11-14/h2,14H,1,3-11H2. The van der Waals surface area contributed by atoms with Crippen molar-refractivity contribution >= 4 is 0 Å². The third-order valence-corrected chi connectivity index (χ3v) is 2.76. The van der Waals surface area contributed by atoms with Crippen LogP contribution in [0.1, 0.15) is 12.8 Å². The van der Waals surface area contributed by atoms with E-state index in [0.717, 1.165) is 39.1 Å². The molecule has 0 atom stereocenters. The van der Waals surface area contributed by atoms with Crippen LogP contribution >= 0.6 is 0 Å². The van der Waals surface area contributed by atoms with Crippen LogP contribution in [0, 0.1) is 0 Å². The van der Waals surface area contributed by atoms with Gasteiger partial charge in [0, 0.05) is 32.7 Å². The monoisotopic (exact) mass is 198 g/mol. The van der Waals surface area contributed by atoms with Gasteiger partial charge in [0.25, 0.3) is 0 Å². The Bertz CT molecular complexity index is 153. The minimum Gasteiger partial charge on any atom is -0.395 e. The van der Waals surface area contributed by atoms with Gasteiger partial charge in [0.15, 0.2) is 0 Å². The Kier molecular flexibility index (Phi) is 5.83. The predicted molar refractivity (Wildman–Crippen MR) is 59.4 cm³/mol. The van der Waals surface area contributed by atoms with E-state index in [4.69, 9.17) is 5.11 Å². The highest BCUT2D eigenvalue weighted by atomic mass is 16.3. The zero-order chi connectivity index (χ0) is 10.2. The van der Waals surface area contributed by atoms with Crippen LogP contribution < -0.4 is 0 Å². The van der Waals surface area contributed by atoms with Crippen molar-refractivity contribution < 1.29 is 5.11 Å². The second-order valence-electron chi connectivity index (χ2n) is 3.84. The van der Waals surface area contributed by atoms with Crippen LogP contribution in [0.15, 0.2) is 12.7 Å². The number of piperazine rings is 1. The van der Waals surface area contributed by atoms with E-state index in [1.54, 1.807) is 0 Å². The summed E-state index contributed by atoms with van der Waals surface area (Å²) in [5, 5.41) is 8.79. The Morgan fingerprint density at radius 2 is 1.64 bits per heavy atom. The third-order valence-electron chi connectivity index (χ3n) is 2.76. The third kappa shape index (κ3) is 4.22. The Balaban J connectivity index is 2.06. The van der Waals surface area contributed by atoms with Gasteiger partial charge in [0.2, 0.25) is 0 Å². The lowest BCUT2D eigenvalue weighted by Gasteiger charge is -2.34. The first-order valence-corrected chi connectivity index (χ1v) is 5.53. The molecule has 0 aromatic heterocycles. The molecule has 1 saturated heterocycles. The Labute approximate surface area is 87.0 Å². The van der Waals surface area contributed by atoms with Crippen LogP contribution in [0.3, 0.4) is 0 Å². The highest BCUT2D eigenvalue weighted by molar-refractivity contribution is 4.73. The fourth-order valence-corrected chi connectivity index (χ4v) is 1.84. The SMILES string of the molecule is C=CCCCN1CCN(CCO)CC1. The molecule has 0 radical (unpaired) electrons. The van der Waals surface area contributed by atoms with Crippen molar-refractivity contribution in [2.75, 3.05) is 45.9 Å². The summed E-state index contributed by atoms with van der Waals surface area (Å²) in [6.45, 7) is 10.6. The number of aliphatic hydroxyl groups excluding tert-OH is 1. The summed E-state index contributed by atoms with van der Waals surface area (Å²) in [6.07, 6.45) is 4.34. The summed E-state index contributed by atoms with van der Waals surface area (Å²) in [5.41, 5.74) is 0. The number of unbranched alkanes of at least 4 members (excludes halogenated alkanes) is 1. The van der Waals surface area contributed by atoms with Crippen LogP contribution in [0.2, 0.25) is 0 Å². The molecule has 0 bridgehead atoms. The average Bonchev–Trinajstić information content (AvgIpc) is 2.21. The highest BCUT2D eigenvalue weighted by Crippen LogP contribution is 2.03. The van der Waals surface area contributed by atoms with E-state index < -0.39 is 0 Å². The molecule has 0 unspecified atom stereocenters. The lowest BCUT2D eigenvalue weighted by molar-refractivity contribution is 0.112. The van der Waals surface area contributed by atoms with Gasteiger partial charge in [-0.2, -0.15) is 0 Å². The molecule has 3 nitrogen and oxygen atoms in total. The van der Waals surface area contributed by atoms with E-state index >= 15 is 0 Å². The average molecular weight is 198 g/mol. The van der Waals surface area contributed by atoms with Gasteiger partial charge in [0.1, 0.15) is 0 Å². The molecule has 0 aliphatic carbocycles. The first-order valence-electron chi connectivity index (χ1n) is 5.53. The topological polar surface area (TPSA) is 26.7 Å². The summed E-state index contributed by atoms with van der Waals surface area (Å²) in [5.74, 6) is 0. The first kappa shape index (κ1) is 11.7. The van der Waals surface area contributed by atoms with Crippen LogP contribution in [0.5, 0.6) is 0 Å². The van der Waals surface area contributed by atoms with Crippen LogP contribution in [0.25, 0.3) is 0 Å². The number of aliphatic hydroxyl groups is 1. The number of β-amino-alcohol motifs (C(OH)–C–C–N with tert-alkyl or cyclic N) is 1. The number of hydrogen-bond donors (Lipinski definition) is 1. The molecule has 0 saturated carbocycles. The van der Waals surface area contributed by atoms with Gasteiger partial charge in [0.05, 0.1) is 6.61 Å². The molecule has 82 valence electrons. The first-order chi connectivity index (χ1) is 6.86. The summed E-state index contributed by atoms with van der Waals surface area (Å²) in [4.78, 5) is 4.82. The highest BCUT2D eigenvalue weighted by Gasteiger charge is 2.14. The van der Waals surface area contributed by atoms with Gasteiger partial charge >= 0.3 is 0 Å². The molecule has 0 spiro atoms. The molecule has 0 aromatic rings. The zero-order valence-electron chi connectivity index (χ0n) is 8.99. The fraction of sp³-hybridized carbons (Fsp3) is 0.818. The van der Waals surface area contributed by atoms with Gasteiger partial charge in [-0.15, -0.1) is 6.58 Å². The Hall–Kier alpha value is -0.380. The van der Waals surface area contributed by atoms with Gasteiger partial charge in [-0.3, -0.25) is 4.90 Å². The molecule has 0 aromatic carbocycles. The maximum atomic E-state index is 8.79. The molecular weight excluding hydrogens is 176 g/mol. The second-order valence-corrected chi connectivity index (χ2v) is 3.84. The lowest BCUT2D eigenvalue weighted by Crippen LogP contribution is -2.47. The molecule has 1 aliphatic heterocycles. The van der Waals surface area contributed by atoms with E-state index in [-0.39, 0.29) is 6.61 Å². The smallest absolute Gasteiger partial charge is 0.0558 e. The Morgan fingerprint density at radius 1 is 1.07 bits per heavy atom. The van der Waals surface area contributed by atoms with E-state index in [2.05, 4.69) is 16.4 Å². The van der Waals surface area contributed by atoms with Crippen molar-refractivity contribution in [3.05, 3.63) is 12.7 Å². The van der Waals surface area contributed by atoms with Crippen molar-refractivity contribution in [1.29, 1.82) is 0 Å². The quantitative estimate of drug-likeness (QED) is 0.499. The normalized spacial score (nSPS) is 19.8. The van der Waals surface area contributed by atoms with Gasteiger partial charge < -0.3 is 10.0 Å². The lowest BCUT2D eigenvalue weighted by atomic mass is 10.2. The predicted octanol–water partition coefficient (Wildman–Crippen LogP) is 0.562. The van der Waals surface area contributed by atoms with Gasteiger partial charge in [-0.25, -0.2) is 0 Å². The minimum absolute atomic E-state index is 0.288. The molecule has 1 heterocycles. The van der Waals surface area contributed by atoms with E-state index in [0.29, 0.717) is 0 Å². The Morgan fingerprint density at radius 3 is 2.14 bits per heavy atom. The summed E-state index contributed by atoms with van der Waals surface area (Å²) in [6, 6.07) is 0. The molecule has 14 heavy (non-hydrogen) atoms. The number of hydrogen-bond acceptors (Lipinski definition) is 3. The fourth-order valence-electron chi connectivity index (χ4n) is 1.84. The summed E-state index contributed by atoms with van der Waals surface area (Å²) in [7, 11) is 0. The maximum absolute atomic E-state index is 8.79. The van der Waals surface area contributed by atoms with Crippen LogP contribution in [-0.4, -0.2) is 60.8 Å². The van der Waals surface area contributed by atoms with Crippen molar-refractivity contribution in [3.63, 3.8) is 0 Å². The second kappa shape index (κ2) is 6.98. The molecule has 0 amide bonds. The molecular formula is C11H22N2O. The number of nitrogens with zero attached hydrogens (tertiary/aromatic N) is 2. The van der Waals surface area contributed by atoms with Crippen LogP contribution in [-0.2, 0) is 0 Å². The molecule has 3 heteroatoms. The molecule has 1 rings (SSSR count).